The normalized spacial score (nSPS) is 15.3. The van der Waals surface area contributed by atoms with Crippen molar-refractivity contribution in [2.24, 2.45) is 4.99 Å². The molecule has 1 aliphatic heterocycles. The predicted octanol–water partition coefficient (Wildman–Crippen LogP) is 4.09. The molecule has 0 atom stereocenters. The van der Waals surface area contributed by atoms with Gasteiger partial charge in [0.2, 0.25) is 0 Å². The van der Waals surface area contributed by atoms with Crippen molar-refractivity contribution < 1.29 is 9.47 Å². The number of fused-ring (bicyclic) bond motifs is 1. The minimum Gasteiger partial charge on any atom is -0.493 e. The zero-order valence-electron chi connectivity index (χ0n) is 14.3. The quantitative estimate of drug-likeness (QED) is 0.900. The Bertz CT molecular complexity index is 725. The van der Waals surface area contributed by atoms with E-state index in [2.05, 4.69) is 35.6 Å². The van der Waals surface area contributed by atoms with E-state index in [0.29, 0.717) is 0 Å². The number of hydrogen-bond acceptors (Lipinski definition) is 3. The molecule has 4 nitrogen and oxygen atoms in total. The summed E-state index contributed by atoms with van der Waals surface area (Å²) in [4.78, 5) is 4.77. The molecule has 1 N–H and O–H groups in total. The Hall–Kier alpha value is -2.49. The topological polar surface area (TPSA) is 42.8 Å². The summed E-state index contributed by atoms with van der Waals surface area (Å²) in [6, 6.07) is 14.5. The minimum absolute atomic E-state index is 0.759. The molecule has 0 unspecified atom stereocenters. The van der Waals surface area contributed by atoms with Gasteiger partial charge in [-0.05, 0) is 48.6 Å². The molecule has 24 heavy (non-hydrogen) atoms. The van der Waals surface area contributed by atoms with E-state index in [1.165, 1.54) is 16.8 Å². The molecule has 0 aromatic heterocycles. The van der Waals surface area contributed by atoms with Crippen LogP contribution in [-0.2, 0) is 12.8 Å². The van der Waals surface area contributed by atoms with Crippen molar-refractivity contribution in [3.05, 3.63) is 53.6 Å². The molecule has 0 radical (unpaired) electrons. The molecule has 0 spiro atoms. The van der Waals surface area contributed by atoms with E-state index in [-0.39, 0.29) is 0 Å². The highest BCUT2D eigenvalue weighted by atomic mass is 16.5. The Kier molecular flexibility index (Phi) is 5.36. The highest BCUT2D eigenvalue weighted by molar-refractivity contribution is 5.96. The lowest BCUT2D eigenvalue weighted by Gasteiger charge is -2.10. The van der Waals surface area contributed by atoms with E-state index in [4.69, 9.17) is 14.5 Å². The van der Waals surface area contributed by atoms with Gasteiger partial charge < -0.3 is 14.8 Å². The van der Waals surface area contributed by atoms with Gasteiger partial charge in [0.15, 0.2) is 11.5 Å². The number of nitrogens with one attached hydrogen (secondary N) is 1. The third-order valence-corrected chi connectivity index (χ3v) is 4.31. The fraction of sp³-hybridized carbons (Fsp3) is 0.350. The second kappa shape index (κ2) is 7.86. The zero-order chi connectivity index (χ0) is 16.8. The first-order chi connectivity index (χ1) is 11.8. The van der Waals surface area contributed by atoms with Gasteiger partial charge in [0.1, 0.15) is 5.84 Å². The molecule has 4 heteroatoms. The molecular weight excluding hydrogens is 300 g/mol. The van der Waals surface area contributed by atoms with E-state index in [9.17, 15) is 0 Å². The van der Waals surface area contributed by atoms with Gasteiger partial charge in [0.05, 0.1) is 14.2 Å². The number of benzene rings is 2. The van der Waals surface area contributed by atoms with Gasteiger partial charge in [-0.3, -0.25) is 4.99 Å². The number of anilines is 1. The number of amidine groups is 1. The van der Waals surface area contributed by atoms with Crippen molar-refractivity contribution in [1.82, 2.24) is 0 Å². The van der Waals surface area contributed by atoms with Crippen LogP contribution in [0.5, 0.6) is 11.5 Å². The van der Waals surface area contributed by atoms with Gasteiger partial charge in [-0.25, -0.2) is 0 Å². The molecule has 0 saturated heterocycles. The number of hydrogen-bond donors (Lipinski definition) is 1. The van der Waals surface area contributed by atoms with Crippen molar-refractivity contribution in [2.75, 3.05) is 26.1 Å². The summed E-state index contributed by atoms with van der Waals surface area (Å²) in [7, 11) is 3.31. The highest BCUT2D eigenvalue weighted by Crippen LogP contribution is 2.27. The van der Waals surface area contributed by atoms with Gasteiger partial charge in [0.25, 0.3) is 0 Å². The van der Waals surface area contributed by atoms with Crippen LogP contribution in [0.3, 0.4) is 0 Å². The van der Waals surface area contributed by atoms with Gasteiger partial charge in [-0.1, -0.05) is 24.3 Å². The van der Waals surface area contributed by atoms with Crippen molar-refractivity contribution in [3.63, 3.8) is 0 Å². The lowest BCUT2D eigenvalue weighted by molar-refractivity contribution is 0.354. The van der Waals surface area contributed by atoms with Crippen LogP contribution in [0.1, 0.15) is 24.0 Å². The summed E-state index contributed by atoms with van der Waals surface area (Å²) in [6.07, 6.45) is 4.13. The third-order valence-electron chi connectivity index (χ3n) is 4.31. The van der Waals surface area contributed by atoms with E-state index >= 15 is 0 Å². The third kappa shape index (κ3) is 3.88. The summed E-state index contributed by atoms with van der Waals surface area (Å²) in [5.41, 5.74) is 3.77. The monoisotopic (exact) mass is 324 g/mol. The first kappa shape index (κ1) is 16.4. The standard InChI is InChI=1S/C20H24N2O2/c1-23-18-11-10-15(14-19(18)24-2)12-13-21-20-9-5-7-16-6-3-4-8-17(16)22-20/h3-4,6,8,10-11,14H,5,7,9,12-13H2,1-2H3,(H,21,22). The second-order valence-corrected chi connectivity index (χ2v) is 5.90. The SMILES string of the molecule is COc1ccc(CCN=C2CCCc3ccccc3N2)cc1OC. The largest absolute Gasteiger partial charge is 0.493 e. The summed E-state index contributed by atoms with van der Waals surface area (Å²) in [6.45, 7) is 0.764. The predicted molar refractivity (Wildman–Crippen MR) is 98.6 cm³/mol. The van der Waals surface area contributed by atoms with Crippen LogP contribution in [-0.4, -0.2) is 26.6 Å². The number of ether oxygens (including phenoxy) is 2. The average Bonchev–Trinajstić information content (AvgIpc) is 2.83. The summed E-state index contributed by atoms with van der Waals surface area (Å²) in [5, 5.41) is 3.49. The Morgan fingerprint density at radius 2 is 1.83 bits per heavy atom. The maximum Gasteiger partial charge on any atom is 0.160 e. The van der Waals surface area contributed by atoms with Gasteiger partial charge in [-0.2, -0.15) is 0 Å². The molecule has 2 aromatic carbocycles. The van der Waals surface area contributed by atoms with Crippen molar-refractivity contribution in [1.29, 1.82) is 0 Å². The number of aryl methyl sites for hydroxylation is 1. The maximum atomic E-state index is 5.36. The molecule has 0 amide bonds. The van der Waals surface area contributed by atoms with Crippen LogP contribution in [0.15, 0.2) is 47.5 Å². The van der Waals surface area contributed by atoms with E-state index in [1.807, 2.05) is 12.1 Å². The van der Waals surface area contributed by atoms with Gasteiger partial charge in [-0.15, -0.1) is 0 Å². The maximum absolute atomic E-state index is 5.36. The van der Waals surface area contributed by atoms with E-state index in [1.54, 1.807) is 14.2 Å². The molecular formula is C20H24N2O2. The van der Waals surface area contributed by atoms with Gasteiger partial charge >= 0.3 is 0 Å². The molecule has 0 bridgehead atoms. The Morgan fingerprint density at radius 3 is 2.67 bits per heavy atom. The fourth-order valence-electron chi connectivity index (χ4n) is 3.00. The summed E-state index contributed by atoms with van der Waals surface area (Å²) < 4.78 is 10.6. The van der Waals surface area contributed by atoms with E-state index in [0.717, 1.165) is 49.6 Å². The first-order valence-corrected chi connectivity index (χ1v) is 8.39. The van der Waals surface area contributed by atoms with Crippen LogP contribution in [0.4, 0.5) is 5.69 Å². The smallest absolute Gasteiger partial charge is 0.160 e. The molecule has 0 fully saturated rings. The lowest BCUT2D eigenvalue weighted by atomic mass is 10.1. The van der Waals surface area contributed by atoms with Crippen LogP contribution >= 0.6 is 0 Å². The number of para-hydroxylation sites is 1. The molecule has 0 saturated carbocycles. The molecule has 1 aliphatic rings. The van der Waals surface area contributed by atoms with Crippen molar-refractivity contribution >= 4 is 11.5 Å². The van der Waals surface area contributed by atoms with Gasteiger partial charge in [0, 0.05) is 18.7 Å². The summed E-state index contributed by atoms with van der Waals surface area (Å²) in [5.74, 6) is 2.61. The van der Waals surface area contributed by atoms with Crippen LogP contribution in [0, 0.1) is 0 Å². The molecule has 3 rings (SSSR count). The number of methoxy groups -OCH3 is 2. The number of nitrogens with zero attached hydrogens (tertiary/aromatic N) is 1. The fourth-order valence-corrected chi connectivity index (χ4v) is 3.00. The molecule has 126 valence electrons. The van der Waals surface area contributed by atoms with Crippen LogP contribution in [0.2, 0.25) is 0 Å². The highest BCUT2D eigenvalue weighted by Gasteiger charge is 2.10. The summed E-state index contributed by atoms with van der Waals surface area (Å²) >= 11 is 0. The molecule has 1 heterocycles. The number of aliphatic imine (C=N–C) groups is 1. The van der Waals surface area contributed by atoms with Crippen molar-refractivity contribution in [2.45, 2.75) is 25.7 Å². The zero-order valence-corrected chi connectivity index (χ0v) is 14.3. The van der Waals surface area contributed by atoms with Crippen molar-refractivity contribution in [3.8, 4) is 11.5 Å². The minimum atomic E-state index is 0.759. The molecule has 2 aromatic rings. The van der Waals surface area contributed by atoms with Crippen LogP contribution < -0.4 is 14.8 Å². The Morgan fingerprint density at radius 1 is 1.00 bits per heavy atom. The lowest BCUT2D eigenvalue weighted by Crippen LogP contribution is -2.11. The Labute approximate surface area is 143 Å². The average molecular weight is 324 g/mol. The second-order valence-electron chi connectivity index (χ2n) is 5.90. The van der Waals surface area contributed by atoms with E-state index < -0.39 is 0 Å². The Balaban J connectivity index is 1.64. The van der Waals surface area contributed by atoms with Crippen LogP contribution in [0.25, 0.3) is 0 Å². The molecule has 0 aliphatic carbocycles. The first-order valence-electron chi connectivity index (χ1n) is 8.39. The number of rotatable bonds is 5.